The van der Waals surface area contributed by atoms with Crippen LogP contribution in [0.2, 0.25) is 0 Å². The van der Waals surface area contributed by atoms with Crippen LogP contribution in [0.25, 0.3) is 0 Å². The molecule has 1 N–H and O–H groups in total. The Kier molecular flexibility index (Phi) is 4.18. The average Bonchev–Trinajstić information content (AvgIpc) is 2.21. The molecule has 4 heteroatoms. The van der Waals surface area contributed by atoms with Crippen LogP contribution in [0.3, 0.4) is 0 Å². The minimum absolute atomic E-state index is 0.637. The number of nitrogens with one attached hydrogen (secondary N) is 1. The van der Waals surface area contributed by atoms with Crippen molar-refractivity contribution < 1.29 is 4.74 Å². The topological polar surface area (TPSA) is 47.0 Å². The molecule has 0 unspecified atom stereocenters. The number of nitrogens with zero attached hydrogens (tertiary/aromatic N) is 2. The van der Waals surface area contributed by atoms with Gasteiger partial charge < -0.3 is 10.1 Å². The van der Waals surface area contributed by atoms with Crippen LogP contribution in [-0.2, 0) is 0 Å². The van der Waals surface area contributed by atoms with E-state index in [1.165, 1.54) is 25.7 Å². The van der Waals surface area contributed by atoms with E-state index in [1.807, 2.05) is 19.9 Å². The van der Waals surface area contributed by atoms with Crippen LogP contribution in [-0.4, -0.2) is 23.1 Å². The lowest BCUT2D eigenvalue weighted by Gasteiger charge is -2.25. The van der Waals surface area contributed by atoms with Crippen molar-refractivity contribution in [1.82, 2.24) is 9.97 Å². The Balaban J connectivity index is 1.85. The summed E-state index contributed by atoms with van der Waals surface area (Å²) in [6, 6.07) is 1.87. The first-order valence-electron chi connectivity index (χ1n) is 6.50. The van der Waals surface area contributed by atoms with E-state index in [1.54, 1.807) is 0 Å². The lowest BCUT2D eigenvalue weighted by Crippen LogP contribution is -2.16. The monoisotopic (exact) mass is 235 g/mol. The first-order chi connectivity index (χ1) is 8.28. The minimum Gasteiger partial charge on any atom is -0.478 e. The molecule has 17 heavy (non-hydrogen) atoms. The molecule has 94 valence electrons. The number of ether oxygens (including phenoxy) is 1. The molecule has 0 bridgehead atoms. The van der Waals surface area contributed by atoms with Crippen molar-refractivity contribution in [3.8, 4) is 5.88 Å². The summed E-state index contributed by atoms with van der Waals surface area (Å²) in [6.45, 7) is 5.48. The molecule has 1 heterocycles. The van der Waals surface area contributed by atoms with Gasteiger partial charge in [-0.1, -0.05) is 19.3 Å². The second-order valence-corrected chi connectivity index (χ2v) is 4.58. The fourth-order valence-electron chi connectivity index (χ4n) is 2.04. The first kappa shape index (κ1) is 12.1. The maximum absolute atomic E-state index is 5.40. The highest BCUT2D eigenvalue weighted by molar-refractivity contribution is 5.38. The van der Waals surface area contributed by atoms with E-state index in [0.717, 1.165) is 24.1 Å². The van der Waals surface area contributed by atoms with Crippen LogP contribution in [0.4, 0.5) is 5.82 Å². The van der Waals surface area contributed by atoms with E-state index < -0.39 is 0 Å². The molecule has 1 saturated carbocycles. The van der Waals surface area contributed by atoms with Gasteiger partial charge in [-0.25, -0.2) is 4.98 Å². The van der Waals surface area contributed by atoms with Gasteiger partial charge in [0.25, 0.3) is 0 Å². The summed E-state index contributed by atoms with van der Waals surface area (Å²) < 4.78 is 5.40. The number of rotatable bonds is 6. The zero-order valence-corrected chi connectivity index (χ0v) is 10.7. The van der Waals surface area contributed by atoms with Crippen LogP contribution in [0.1, 0.15) is 38.4 Å². The van der Waals surface area contributed by atoms with Gasteiger partial charge in [0.15, 0.2) is 0 Å². The second-order valence-electron chi connectivity index (χ2n) is 4.58. The Morgan fingerprint density at radius 3 is 2.88 bits per heavy atom. The van der Waals surface area contributed by atoms with Crippen LogP contribution in [0, 0.1) is 12.8 Å². The second kappa shape index (κ2) is 5.84. The van der Waals surface area contributed by atoms with Gasteiger partial charge in [0.1, 0.15) is 11.6 Å². The van der Waals surface area contributed by atoms with Crippen LogP contribution in [0.15, 0.2) is 6.07 Å². The third kappa shape index (κ3) is 3.58. The molecule has 0 saturated heterocycles. The predicted octanol–water partition coefficient (Wildman–Crippen LogP) is 2.79. The van der Waals surface area contributed by atoms with E-state index in [2.05, 4.69) is 15.3 Å². The molecule has 0 aromatic carbocycles. The molecule has 2 rings (SSSR count). The summed E-state index contributed by atoms with van der Waals surface area (Å²) >= 11 is 0. The van der Waals surface area contributed by atoms with Crippen LogP contribution in [0.5, 0.6) is 5.88 Å². The molecule has 0 radical (unpaired) electrons. The van der Waals surface area contributed by atoms with Crippen molar-refractivity contribution >= 4 is 5.82 Å². The highest BCUT2D eigenvalue weighted by atomic mass is 16.5. The van der Waals surface area contributed by atoms with Crippen molar-refractivity contribution in [3.63, 3.8) is 0 Å². The third-order valence-electron chi connectivity index (χ3n) is 3.19. The van der Waals surface area contributed by atoms with Gasteiger partial charge in [-0.3, -0.25) is 0 Å². The number of hydrogen-bond donors (Lipinski definition) is 1. The Morgan fingerprint density at radius 1 is 1.41 bits per heavy atom. The molecule has 1 aromatic rings. The molecule has 0 amide bonds. The maximum atomic E-state index is 5.40. The summed E-state index contributed by atoms with van der Waals surface area (Å²) in [6.07, 6.45) is 5.45. The van der Waals surface area contributed by atoms with E-state index in [0.29, 0.717) is 12.5 Å². The fraction of sp³-hybridized carbons (Fsp3) is 0.692. The Morgan fingerprint density at radius 2 is 2.24 bits per heavy atom. The lowest BCUT2D eigenvalue weighted by atomic mass is 9.83. The number of aromatic nitrogens is 2. The van der Waals surface area contributed by atoms with E-state index in [-0.39, 0.29) is 0 Å². The summed E-state index contributed by atoms with van der Waals surface area (Å²) in [7, 11) is 0. The Labute approximate surface area is 103 Å². The number of hydrogen-bond acceptors (Lipinski definition) is 4. The van der Waals surface area contributed by atoms with Gasteiger partial charge in [0, 0.05) is 12.6 Å². The van der Waals surface area contributed by atoms with Crippen molar-refractivity contribution in [3.05, 3.63) is 11.9 Å². The largest absolute Gasteiger partial charge is 0.478 e. The standard InChI is InChI=1S/C13H21N3O/c1-3-17-13-9-12(15-10(2)16-13)14-8-7-11-5-4-6-11/h9,11H,3-8H2,1-2H3,(H,14,15,16). The number of aryl methyl sites for hydroxylation is 1. The first-order valence-corrected chi connectivity index (χ1v) is 6.50. The van der Waals surface area contributed by atoms with Gasteiger partial charge in [-0.05, 0) is 26.2 Å². The highest BCUT2D eigenvalue weighted by Gasteiger charge is 2.16. The van der Waals surface area contributed by atoms with Crippen molar-refractivity contribution in [1.29, 1.82) is 0 Å². The average molecular weight is 235 g/mol. The summed E-state index contributed by atoms with van der Waals surface area (Å²) in [5.74, 6) is 3.21. The molecule has 0 spiro atoms. The van der Waals surface area contributed by atoms with Gasteiger partial charge >= 0.3 is 0 Å². The SMILES string of the molecule is CCOc1cc(NCCC2CCC2)nc(C)n1. The lowest BCUT2D eigenvalue weighted by molar-refractivity contribution is 0.302. The molecule has 0 aliphatic heterocycles. The minimum atomic E-state index is 0.637. The predicted molar refractivity (Wildman–Crippen MR) is 68.4 cm³/mol. The van der Waals surface area contributed by atoms with Gasteiger partial charge in [0.2, 0.25) is 5.88 Å². The molecular weight excluding hydrogens is 214 g/mol. The maximum Gasteiger partial charge on any atom is 0.218 e. The molecular formula is C13H21N3O. The normalized spacial score (nSPS) is 15.4. The molecule has 1 fully saturated rings. The molecule has 0 atom stereocenters. The smallest absolute Gasteiger partial charge is 0.218 e. The summed E-state index contributed by atoms with van der Waals surface area (Å²) in [5.41, 5.74) is 0. The Hall–Kier alpha value is -1.32. The van der Waals surface area contributed by atoms with Gasteiger partial charge in [-0.15, -0.1) is 0 Å². The molecule has 1 aromatic heterocycles. The highest BCUT2D eigenvalue weighted by Crippen LogP contribution is 2.29. The number of anilines is 1. The van der Waals surface area contributed by atoms with Crippen molar-refractivity contribution in [2.24, 2.45) is 5.92 Å². The molecule has 1 aliphatic rings. The van der Waals surface area contributed by atoms with Crippen molar-refractivity contribution in [2.45, 2.75) is 39.5 Å². The fourth-order valence-corrected chi connectivity index (χ4v) is 2.04. The third-order valence-corrected chi connectivity index (χ3v) is 3.19. The van der Waals surface area contributed by atoms with Gasteiger partial charge in [-0.2, -0.15) is 4.98 Å². The van der Waals surface area contributed by atoms with Crippen molar-refractivity contribution in [2.75, 3.05) is 18.5 Å². The zero-order chi connectivity index (χ0) is 12.1. The summed E-state index contributed by atoms with van der Waals surface area (Å²) in [5, 5.41) is 3.35. The molecule has 1 aliphatic carbocycles. The van der Waals surface area contributed by atoms with Crippen LogP contribution < -0.4 is 10.1 Å². The van der Waals surface area contributed by atoms with Crippen LogP contribution >= 0.6 is 0 Å². The molecule has 4 nitrogen and oxygen atoms in total. The van der Waals surface area contributed by atoms with E-state index in [4.69, 9.17) is 4.74 Å². The van der Waals surface area contributed by atoms with Gasteiger partial charge in [0.05, 0.1) is 6.61 Å². The van der Waals surface area contributed by atoms with E-state index in [9.17, 15) is 0 Å². The quantitative estimate of drug-likeness (QED) is 0.823. The van der Waals surface area contributed by atoms with E-state index >= 15 is 0 Å². The Bertz CT molecular complexity index is 364. The summed E-state index contributed by atoms with van der Waals surface area (Å²) in [4.78, 5) is 8.58. The zero-order valence-electron chi connectivity index (χ0n) is 10.7.